The van der Waals surface area contributed by atoms with Crippen LogP contribution in [-0.2, 0) is 17.6 Å². The first kappa shape index (κ1) is 16.7. The lowest BCUT2D eigenvalue weighted by Gasteiger charge is -2.32. The van der Waals surface area contributed by atoms with Gasteiger partial charge in [-0.15, -0.1) is 0 Å². The number of H-pyrrole nitrogens is 1. The molecule has 0 spiro atoms. The van der Waals surface area contributed by atoms with Crippen molar-refractivity contribution in [3.8, 4) is 0 Å². The van der Waals surface area contributed by atoms with Crippen LogP contribution < -0.4 is 4.90 Å². The van der Waals surface area contributed by atoms with E-state index in [0.29, 0.717) is 25.4 Å². The standard InChI is InChI=1S/C19H24N6O2/c26-18(17-13-4-3-5-14(13)22-23-17)25-10-11-27-16(12-25)15-6-7-20-19(21-15)24-8-1-2-9-24/h6-7,16H,1-5,8-12H2,(H,22,23)/t16-/m0/s1. The average molecular weight is 368 g/mol. The molecule has 1 aliphatic carbocycles. The number of hydrogen-bond acceptors (Lipinski definition) is 6. The number of ether oxygens (including phenoxy) is 1. The van der Waals surface area contributed by atoms with Crippen molar-refractivity contribution in [2.45, 2.75) is 38.2 Å². The molecule has 0 bridgehead atoms. The molecule has 2 aromatic heterocycles. The van der Waals surface area contributed by atoms with Gasteiger partial charge in [-0.25, -0.2) is 9.97 Å². The van der Waals surface area contributed by atoms with Crippen LogP contribution in [-0.4, -0.2) is 63.8 Å². The number of aromatic nitrogens is 4. The third-order valence-electron chi connectivity index (χ3n) is 5.75. The quantitative estimate of drug-likeness (QED) is 0.883. The van der Waals surface area contributed by atoms with E-state index in [1.54, 1.807) is 6.20 Å². The maximum absolute atomic E-state index is 13.0. The largest absolute Gasteiger partial charge is 0.368 e. The Morgan fingerprint density at radius 2 is 2.07 bits per heavy atom. The highest BCUT2D eigenvalue weighted by atomic mass is 16.5. The monoisotopic (exact) mass is 368 g/mol. The summed E-state index contributed by atoms with van der Waals surface area (Å²) in [5.41, 5.74) is 3.65. The zero-order chi connectivity index (χ0) is 18.2. The Morgan fingerprint density at radius 1 is 1.19 bits per heavy atom. The van der Waals surface area contributed by atoms with Crippen LogP contribution in [0.2, 0.25) is 0 Å². The second kappa shape index (κ2) is 6.92. The van der Waals surface area contributed by atoms with E-state index >= 15 is 0 Å². The number of nitrogens with one attached hydrogen (secondary N) is 1. The Balaban J connectivity index is 1.33. The number of carbonyl (C=O) groups is 1. The van der Waals surface area contributed by atoms with Gasteiger partial charge in [-0.2, -0.15) is 5.10 Å². The maximum Gasteiger partial charge on any atom is 0.274 e. The van der Waals surface area contributed by atoms with Crippen LogP contribution in [0.15, 0.2) is 12.3 Å². The summed E-state index contributed by atoms with van der Waals surface area (Å²) in [6.45, 7) is 3.59. The third-order valence-corrected chi connectivity index (χ3v) is 5.75. The van der Waals surface area contributed by atoms with Crippen LogP contribution in [0.3, 0.4) is 0 Å². The zero-order valence-corrected chi connectivity index (χ0v) is 15.4. The highest BCUT2D eigenvalue weighted by Gasteiger charge is 2.31. The minimum absolute atomic E-state index is 0.00322. The summed E-state index contributed by atoms with van der Waals surface area (Å²) in [5.74, 6) is 0.763. The van der Waals surface area contributed by atoms with E-state index in [2.05, 4.69) is 20.1 Å². The number of fused-ring (bicyclic) bond motifs is 1. The molecule has 0 saturated carbocycles. The Labute approximate surface area is 157 Å². The number of aromatic amines is 1. The lowest BCUT2D eigenvalue weighted by atomic mass is 10.1. The Bertz CT molecular complexity index is 844. The highest BCUT2D eigenvalue weighted by molar-refractivity contribution is 5.94. The van der Waals surface area contributed by atoms with Crippen LogP contribution in [0.1, 0.15) is 52.8 Å². The van der Waals surface area contributed by atoms with E-state index < -0.39 is 0 Å². The first-order valence-corrected chi connectivity index (χ1v) is 9.84. The second-order valence-corrected chi connectivity index (χ2v) is 7.47. The molecule has 4 heterocycles. The number of carbonyl (C=O) groups excluding carboxylic acids is 1. The molecule has 5 rings (SSSR count). The van der Waals surface area contributed by atoms with E-state index in [0.717, 1.165) is 55.3 Å². The number of hydrogen-bond donors (Lipinski definition) is 1. The molecule has 1 amide bonds. The van der Waals surface area contributed by atoms with Gasteiger partial charge in [-0.05, 0) is 38.2 Å². The predicted molar refractivity (Wildman–Crippen MR) is 98.7 cm³/mol. The van der Waals surface area contributed by atoms with Crippen LogP contribution in [0.25, 0.3) is 0 Å². The van der Waals surface area contributed by atoms with Crippen molar-refractivity contribution in [2.75, 3.05) is 37.7 Å². The highest BCUT2D eigenvalue weighted by Crippen LogP contribution is 2.27. The van der Waals surface area contributed by atoms with E-state index in [1.165, 1.54) is 12.8 Å². The second-order valence-electron chi connectivity index (χ2n) is 7.47. The predicted octanol–water partition coefficient (Wildman–Crippen LogP) is 1.50. The minimum atomic E-state index is -0.223. The van der Waals surface area contributed by atoms with Crippen LogP contribution in [0, 0.1) is 0 Å². The molecule has 2 aliphatic heterocycles. The summed E-state index contributed by atoms with van der Waals surface area (Å²) in [6.07, 6.45) is 6.95. The van der Waals surface area contributed by atoms with Gasteiger partial charge in [0.2, 0.25) is 5.95 Å². The van der Waals surface area contributed by atoms with Crippen molar-refractivity contribution in [2.24, 2.45) is 0 Å². The Kier molecular flexibility index (Phi) is 4.27. The molecule has 8 heteroatoms. The first-order chi connectivity index (χ1) is 13.3. The number of aryl methyl sites for hydroxylation is 1. The Hall–Kier alpha value is -2.48. The van der Waals surface area contributed by atoms with Crippen molar-refractivity contribution >= 4 is 11.9 Å². The molecule has 2 fully saturated rings. The molecule has 142 valence electrons. The molecule has 27 heavy (non-hydrogen) atoms. The van der Waals surface area contributed by atoms with Gasteiger partial charge in [0, 0.05) is 37.1 Å². The van der Waals surface area contributed by atoms with Crippen LogP contribution in [0.5, 0.6) is 0 Å². The van der Waals surface area contributed by atoms with E-state index in [-0.39, 0.29) is 12.0 Å². The number of anilines is 1. The smallest absolute Gasteiger partial charge is 0.274 e. The van der Waals surface area contributed by atoms with Gasteiger partial charge in [0.15, 0.2) is 5.69 Å². The van der Waals surface area contributed by atoms with Crippen LogP contribution >= 0.6 is 0 Å². The molecule has 2 saturated heterocycles. The molecule has 2 aromatic rings. The number of morpholine rings is 1. The molecule has 1 N–H and O–H groups in total. The first-order valence-electron chi connectivity index (χ1n) is 9.84. The van der Waals surface area contributed by atoms with Gasteiger partial charge in [-0.3, -0.25) is 9.89 Å². The Morgan fingerprint density at radius 3 is 2.96 bits per heavy atom. The lowest BCUT2D eigenvalue weighted by Crippen LogP contribution is -2.43. The molecule has 0 radical (unpaired) electrons. The fourth-order valence-corrected chi connectivity index (χ4v) is 4.27. The van der Waals surface area contributed by atoms with Gasteiger partial charge in [-0.1, -0.05) is 0 Å². The third kappa shape index (κ3) is 3.07. The molecule has 3 aliphatic rings. The van der Waals surface area contributed by atoms with Gasteiger partial charge in [0.1, 0.15) is 6.10 Å². The molecule has 8 nitrogen and oxygen atoms in total. The fourth-order valence-electron chi connectivity index (χ4n) is 4.27. The summed E-state index contributed by atoms with van der Waals surface area (Å²) < 4.78 is 5.94. The van der Waals surface area contributed by atoms with Crippen molar-refractivity contribution in [1.29, 1.82) is 0 Å². The van der Waals surface area contributed by atoms with Crippen molar-refractivity contribution in [3.05, 3.63) is 34.9 Å². The lowest BCUT2D eigenvalue weighted by molar-refractivity contribution is -0.0249. The maximum atomic E-state index is 13.0. The summed E-state index contributed by atoms with van der Waals surface area (Å²) in [6, 6.07) is 1.89. The van der Waals surface area contributed by atoms with E-state index in [1.807, 2.05) is 11.0 Å². The normalized spacial score (nSPS) is 22.3. The van der Waals surface area contributed by atoms with Gasteiger partial charge < -0.3 is 14.5 Å². The zero-order valence-electron chi connectivity index (χ0n) is 15.4. The van der Waals surface area contributed by atoms with E-state index in [9.17, 15) is 4.79 Å². The van der Waals surface area contributed by atoms with E-state index in [4.69, 9.17) is 9.72 Å². The number of nitrogens with zero attached hydrogens (tertiary/aromatic N) is 5. The fraction of sp³-hybridized carbons (Fsp3) is 0.579. The van der Waals surface area contributed by atoms with Gasteiger partial charge in [0.25, 0.3) is 5.91 Å². The minimum Gasteiger partial charge on any atom is -0.368 e. The number of rotatable bonds is 3. The average Bonchev–Trinajstić information content (AvgIpc) is 3.45. The van der Waals surface area contributed by atoms with Crippen molar-refractivity contribution in [3.63, 3.8) is 0 Å². The van der Waals surface area contributed by atoms with Gasteiger partial charge in [0.05, 0.1) is 18.8 Å². The molecular weight excluding hydrogens is 344 g/mol. The van der Waals surface area contributed by atoms with Crippen molar-refractivity contribution < 1.29 is 9.53 Å². The molecule has 1 atom stereocenters. The summed E-state index contributed by atoms with van der Waals surface area (Å²) in [5, 5.41) is 7.32. The summed E-state index contributed by atoms with van der Waals surface area (Å²) in [4.78, 5) is 26.2. The molecule has 0 aromatic carbocycles. The number of amides is 1. The summed E-state index contributed by atoms with van der Waals surface area (Å²) in [7, 11) is 0. The van der Waals surface area contributed by atoms with Crippen molar-refractivity contribution in [1.82, 2.24) is 25.1 Å². The molecule has 0 unspecified atom stereocenters. The van der Waals surface area contributed by atoms with Gasteiger partial charge >= 0.3 is 0 Å². The summed E-state index contributed by atoms with van der Waals surface area (Å²) >= 11 is 0. The topological polar surface area (TPSA) is 87.2 Å². The SMILES string of the molecule is O=C(c1n[nH]c2c1CCC2)N1CCO[C@H](c2ccnc(N3CCCC3)n2)C1. The van der Waals surface area contributed by atoms with Crippen LogP contribution in [0.4, 0.5) is 5.95 Å². The molecular formula is C19H24N6O2.